The van der Waals surface area contributed by atoms with Crippen LogP contribution in [0.25, 0.3) is 0 Å². The number of pyridine rings is 1. The van der Waals surface area contributed by atoms with Gasteiger partial charge in [0, 0.05) is 65.6 Å². The second kappa shape index (κ2) is 10.8. The quantitative estimate of drug-likeness (QED) is 0.393. The van der Waals surface area contributed by atoms with E-state index in [-0.39, 0.29) is 24.0 Å². The van der Waals surface area contributed by atoms with E-state index in [1.807, 2.05) is 25.4 Å². The number of hydrogen-bond donors (Lipinski definition) is 1. The summed E-state index contributed by atoms with van der Waals surface area (Å²) in [6, 6.07) is 14.9. The Morgan fingerprint density at radius 1 is 1.00 bits per heavy atom. The number of benzene rings is 1. The molecule has 6 nitrogen and oxygen atoms in total. The molecule has 29 heavy (non-hydrogen) atoms. The Morgan fingerprint density at radius 2 is 1.76 bits per heavy atom. The van der Waals surface area contributed by atoms with E-state index >= 15 is 0 Å². The molecule has 0 unspecified atom stereocenters. The van der Waals surface area contributed by atoms with Gasteiger partial charge in [-0.05, 0) is 29.7 Å². The van der Waals surface area contributed by atoms with Crippen LogP contribution in [-0.4, -0.2) is 73.6 Å². The topological polar surface area (TPSA) is 47.0 Å². The van der Waals surface area contributed by atoms with Crippen molar-refractivity contribution in [3.63, 3.8) is 0 Å². The number of fused-ring (bicyclic) bond motifs is 1. The molecule has 0 atom stereocenters. The van der Waals surface area contributed by atoms with Gasteiger partial charge in [-0.2, -0.15) is 0 Å². The van der Waals surface area contributed by atoms with Crippen LogP contribution in [0.5, 0.6) is 0 Å². The van der Waals surface area contributed by atoms with E-state index in [1.165, 1.54) is 11.1 Å². The highest BCUT2D eigenvalue weighted by atomic mass is 127. The number of nitrogens with zero attached hydrogens (tertiary/aromatic N) is 5. The third kappa shape index (κ3) is 5.60. The summed E-state index contributed by atoms with van der Waals surface area (Å²) in [5, 5.41) is 3.57. The molecule has 0 amide bonds. The molecule has 1 fully saturated rings. The lowest BCUT2D eigenvalue weighted by Gasteiger charge is -2.37. The summed E-state index contributed by atoms with van der Waals surface area (Å²) in [5.74, 6) is 2.08. The zero-order chi connectivity index (χ0) is 19.2. The summed E-state index contributed by atoms with van der Waals surface area (Å²) in [5.41, 5.74) is 2.98. The van der Waals surface area contributed by atoms with Crippen molar-refractivity contribution in [3.05, 3.63) is 59.8 Å². The molecule has 156 valence electrons. The average Bonchev–Trinajstić information content (AvgIpc) is 2.77. The SMILES string of the molecule is CN=C(NCCN1CCc2ccccc2C1)N1CCN(c2ccccn2)CC1.I. The molecule has 2 aliphatic heterocycles. The fourth-order valence-corrected chi connectivity index (χ4v) is 4.09. The number of aromatic nitrogens is 1. The summed E-state index contributed by atoms with van der Waals surface area (Å²) < 4.78 is 0. The minimum atomic E-state index is 0. The number of rotatable bonds is 4. The Morgan fingerprint density at radius 3 is 2.48 bits per heavy atom. The maximum Gasteiger partial charge on any atom is 0.193 e. The lowest BCUT2D eigenvalue weighted by atomic mass is 10.00. The van der Waals surface area contributed by atoms with E-state index in [9.17, 15) is 0 Å². The molecule has 0 aliphatic carbocycles. The number of nitrogens with one attached hydrogen (secondary N) is 1. The summed E-state index contributed by atoms with van der Waals surface area (Å²) in [6.45, 7) is 8.04. The zero-order valence-electron chi connectivity index (χ0n) is 17.1. The molecular formula is C22H31IN6. The van der Waals surface area contributed by atoms with E-state index in [0.717, 1.165) is 70.6 Å². The lowest BCUT2D eigenvalue weighted by Crippen LogP contribution is -2.53. The van der Waals surface area contributed by atoms with Crippen LogP contribution in [0.4, 0.5) is 5.82 Å². The van der Waals surface area contributed by atoms with Crippen LogP contribution in [0.2, 0.25) is 0 Å². The molecular weight excluding hydrogens is 475 g/mol. The summed E-state index contributed by atoms with van der Waals surface area (Å²) in [7, 11) is 1.88. The molecule has 1 N–H and O–H groups in total. The molecule has 1 aromatic heterocycles. The number of guanidine groups is 1. The van der Waals surface area contributed by atoms with E-state index in [2.05, 4.69) is 60.3 Å². The van der Waals surface area contributed by atoms with Gasteiger partial charge in [0.25, 0.3) is 0 Å². The highest BCUT2D eigenvalue weighted by molar-refractivity contribution is 14.0. The van der Waals surface area contributed by atoms with Gasteiger partial charge in [0.15, 0.2) is 5.96 Å². The van der Waals surface area contributed by atoms with Crippen LogP contribution in [0, 0.1) is 0 Å². The van der Waals surface area contributed by atoms with Gasteiger partial charge in [0.1, 0.15) is 5.82 Å². The normalized spacial score (nSPS) is 17.5. The number of aliphatic imine (C=N–C) groups is 1. The van der Waals surface area contributed by atoms with Crippen molar-refractivity contribution in [1.82, 2.24) is 20.1 Å². The fourth-order valence-electron chi connectivity index (χ4n) is 4.09. The first-order valence-corrected chi connectivity index (χ1v) is 10.2. The van der Waals surface area contributed by atoms with Crippen molar-refractivity contribution in [1.29, 1.82) is 0 Å². The van der Waals surface area contributed by atoms with Gasteiger partial charge in [-0.3, -0.25) is 9.89 Å². The Labute approximate surface area is 191 Å². The maximum atomic E-state index is 4.51. The lowest BCUT2D eigenvalue weighted by molar-refractivity contribution is 0.256. The third-order valence-corrected chi connectivity index (χ3v) is 5.69. The molecule has 0 radical (unpaired) electrons. The van der Waals surface area contributed by atoms with Gasteiger partial charge in [0.2, 0.25) is 0 Å². The van der Waals surface area contributed by atoms with Crippen LogP contribution < -0.4 is 10.2 Å². The van der Waals surface area contributed by atoms with Gasteiger partial charge < -0.3 is 15.1 Å². The van der Waals surface area contributed by atoms with Crippen molar-refractivity contribution in [2.24, 2.45) is 4.99 Å². The Bertz CT molecular complexity index is 789. The highest BCUT2D eigenvalue weighted by Gasteiger charge is 2.21. The van der Waals surface area contributed by atoms with Crippen molar-refractivity contribution in [2.75, 3.05) is 57.8 Å². The minimum Gasteiger partial charge on any atom is -0.355 e. The van der Waals surface area contributed by atoms with E-state index in [0.29, 0.717) is 0 Å². The Balaban J connectivity index is 0.00000240. The maximum absolute atomic E-state index is 4.51. The van der Waals surface area contributed by atoms with Crippen LogP contribution >= 0.6 is 24.0 Å². The highest BCUT2D eigenvalue weighted by Crippen LogP contribution is 2.18. The van der Waals surface area contributed by atoms with Crippen molar-refractivity contribution >= 4 is 35.8 Å². The summed E-state index contributed by atoms with van der Waals surface area (Å²) in [6.07, 6.45) is 3.02. The third-order valence-electron chi connectivity index (χ3n) is 5.69. The summed E-state index contributed by atoms with van der Waals surface area (Å²) >= 11 is 0. The van der Waals surface area contributed by atoms with Crippen LogP contribution in [-0.2, 0) is 13.0 Å². The van der Waals surface area contributed by atoms with E-state index in [4.69, 9.17) is 0 Å². The van der Waals surface area contributed by atoms with Crippen molar-refractivity contribution in [3.8, 4) is 0 Å². The van der Waals surface area contributed by atoms with Crippen LogP contribution in [0.1, 0.15) is 11.1 Å². The molecule has 1 aromatic carbocycles. The predicted octanol–water partition coefficient (Wildman–Crippen LogP) is 2.46. The molecule has 3 heterocycles. The molecule has 1 saturated heterocycles. The largest absolute Gasteiger partial charge is 0.355 e. The monoisotopic (exact) mass is 506 g/mol. The molecule has 2 aliphatic rings. The minimum absolute atomic E-state index is 0. The van der Waals surface area contributed by atoms with Gasteiger partial charge in [-0.1, -0.05) is 30.3 Å². The number of anilines is 1. The number of halogens is 1. The second-order valence-electron chi connectivity index (χ2n) is 7.43. The second-order valence-corrected chi connectivity index (χ2v) is 7.43. The van der Waals surface area contributed by atoms with E-state index in [1.54, 1.807) is 0 Å². The summed E-state index contributed by atoms with van der Waals surface area (Å²) in [4.78, 5) is 16.2. The molecule has 0 bridgehead atoms. The first-order chi connectivity index (χ1) is 13.8. The van der Waals surface area contributed by atoms with Gasteiger partial charge in [0.05, 0.1) is 0 Å². The van der Waals surface area contributed by atoms with Crippen LogP contribution in [0.3, 0.4) is 0 Å². The van der Waals surface area contributed by atoms with Gasteiger partial charge in [-0.15, -0.1) is 24.0 Å². The molecule has 0 spiro atoms. The number of piperazine rings is 1. The first-order valence-electron chi connectivity index (χ1n) is 10.2. The Kier molecular flexibility index (Phi) is 8.11. The molecule has 7 heteroatoms. The Hall–Kier alpha value is -1.87. The average molecular weight is 506 g/mol. The van der Waals surface area contributed by atoms with Gasteiger partial charge >= 0.3 is 0 Å². The van der Waals surface area contributed by atoms with Crippen molar-refractivity contribution in [2.45, 2.75) is 13.0 Å². The smallest absolute Gasteiger partial charge is 0.193 e. The molecule has 0 saturated carbocycles. The first kappa shape index (κ1) is 21.8. The van der Waals surface area contributed by atoms with E-state index < -0.39 is 0 Å². The molecule has 2 aromatic rings. The molecule has 4 rings (SSSR count). The predicted molar refractivity (Wildman–Crippen MR) is 130 cm³/mol. The standard InChI is InChI=1S/C22H30N6.HI/c1-23-22(28-16-14-27(15-17-28)21-8-4-5-10-24-21)25-11-13-26-12-9-19-6-2-3-7-20(19)18-26;/h2-8,10H,9,11-18H2,1H3,(H,23,25);1H. The zero-order valence-corrected chi connectivity index (χ0v) is 19.5. The fraction of sp³-hybridized carbons (Fsp3) is 0.455. The van der Waals surface area contributed by atoms with Crippen molar-refractivity contribution < 1.29 is 0 Å². The van der Waals surface area contributed by atoms with Gasteiger partial charge in [-0.25, -0.2) is 4.98 Å². The van der Waals surface area contributed by atoms with Crippen LogP contribution in [0.15, 0.2) is 53.7 Å². The number of hydrogen-bond acceptors (Lipinski definition) is 4.